The Morgan fingerprint density at radius 3 is 2.47 bits per heavy atom. The number of hydrogen-bond donors (Lipinski definition) is 2. The van der Waals surface area contributed by atoms with Crippen LogP contribution in [-0.4, -0.2) is 21.7 Å². The molecule has 4 nitrogen and oxygen atoms in total. The monoisotopic (exact) mass is 230 g/mol. The first-order valence-corrected chi connectivity index (χ1v) is 6.45. The fraction of sp³-hybridized carbons (Fsp3) is 0.500. The Labute approximate surface area is 88.9 Å². The second kappa shape index (κ2) is 4.05. The van der Waals surface area contributed by atoms with Crippen LogP contribution in [0, 0.1) is 11.3 Å². The van der Waals surface area contributed by atoms with Gasteiger partial charge in [-0.15, -0.1) is 0 Å². The van der Waals surface area contributed by atoms with Crippen LogP contribution in [-0.2, 0) is 9.36 Å². The van der Waals surface area contributed by atoms with Crippen molar-refractivity contribution in [1.29, 1.82) is 0 Å². The van der Waals surface area contributed by atoms with E-state index in [2.05, 4.69) is 0 Å². The highest BCUT2D eigenvalue weighted by Crippen LogP contribution is 2.45. The van der Waals surface area contributed by atoms with E-state index in [4.69, 9.17) is 9.79 Å². The molecule has 0 aromatic carbocycles. The lowest BCUT2D eigenvalue weighted by Gasteiger charge is -2.31. The lowest BCUT2D eigenvalue weighted by molar-refractivity contribution is -0.119. The van der Waals surface area contributed by atoms with Crippen molar-refractivity contribution in [1.82, 2.24) is 0 Å². The summed E-state index contributed by atoms with van der Waals surface area (Å²) in [7, 11) is -4.09. The average Bonchev–Trinajstić information content (AvgIpc) is 1.99. The van der Waals surface area contributed by atoms with E-state index in [1.807, 2.05) is 0 Å². The minimum atomic E-state index is -4.09. The zero-order chi connectivity index (χ0) is 11.7. The molecule has 84 valence electrons. The molecule has 0 aliphatic heterocycles. The summed E-state index contributed by atoms with van der Waals surface area (Å²) in [4.78, 5) is 29.4. The molecule has 1 unspecified atom stereocenters. The van der Waals surface area contributed by atoms with Crippen LogP contribution in [0.1, 0.15) is 13.8 Å². The third-order valence-electron chi connectivity index (χ3n) is 2.44. The minimum Gasteiger partial charge on any atom is -0.324 e. The van der Waals surface area contributed by atoms with E-state index in [-0.39, 0.29) is 11.9 Å². The van der Waals surface area contributed by atoms with E-state index >= 15 is 0 Å². The van der Waals surface area contributed by atoms with Crippen LogP contribution in [0.4, 0.5) is 0 Å². The molecule has 0 aromatic rings. The van der Waals surface area contributed by atoms with Crippen LogP contribution in [0.5, 0.6) is 0 Å². The first kappa shape index (κ1) is 12.4. The largest absolute Gasteiger partial charge is 0.326 e. The molecule has 0 saturated carbocycles. The van der Waals surface area contributed by atoms with Crippen LogP contribution >= 0.6 is 7.60 Å². The zero-order valence-corrected chi connectivity index (χ0v) is 9.65. The summed E-state index contributed by atoms with van der Waals surface area (Å²) in [6, 6.07) is 0. The molecule has 0 fully saturated rings. The van der Waals surface area contributed by atoms with Crippen molar-refractivity contribution in [3.8, 4) is 0 Å². The predicted octanol–water partition coefficient (Wildman–Crippen LogP) is 1.50. The van der Waals surface area contributed by atoms with Gasteiger partial charge in [-0.2, -0.15) is 0 Å². The highest BCUT2D eigenvalue weighted by molar-refractivity contribution is 7.51. The normalized spacial score (nSPS) is 22.1. The lowest BCUT2D eigenvalue weighted by Crippen LogP contribution is -2.32. The van der Waals surface area contributed by atoms with Gasteiger partial charge in [0, 0.05) is 5.92 Å². The third kappa shape index (κ3) is 3.42. The van der Waals surface area contributed by atoms with E-state index in [0.29, 0.717) is 0 Å². The molecule has 2 N–H and O–H groups in total. The van der Waals surface area contributed by atoms with Gasteiger partial charge < -0.3 is 9.79 Å². The molecule has 0 amide bonds. The standard InChI is InChI=1S/C10H15O4P/c1-10(2,7-15(12,13)14)8-5-3-4-6-9(8)11/h3-6,8H,7H2,1-2H3,(H2,12,13,14). The Morgan fingerprint density at radius 2 is 2.00 bits per heavy atom. The smallest absolute Gasteiger partial charge is 0.324 e. The maximum atomic E-state index is 11.5. The SMILES string of the molecule is CC(C)(CP(=O)(O)O)C1C=CC=CC1=O. The molecular formula is C10H15O4P. The molecule has 15 heavy (non-hydrogen) atoms. The number of hydrogen-bond acceptors (Lipinski definition) is 2. The van der Waals surface area contributed by atoms with Gasteiger partial charge in [-0.1, -0.05) is 32.1 Å². The Hall–Kier alpha value is -0.700. The molecule has 0 spiro atoms. The molecule has 1 aliphatic carbocycles. The number of carbonyl (C=O) groups is 1. The summed E-state index contributed by atoms with van der Waals surface area (Å²) < 4.78 is 10.9. The molecule has 1 atom stereocenters. The first-order valence-electron chi connectivity index (χ1n) is 4.66. The van der Waals surface area contributed by atoms with Crippen molar-refractivity contribution in [2.24, 2.45) is 11.3 Å². The van der Waals surface area contributed by atoms with Gasteiger partial charge in [-0.3, -0.25) is 9.36 Å². The molecule has 0 radical (unpaired) electrons. The molecule has 5 heteroatoms. The number of rotatable bonds is 3. The van der Waals surface area contributed by atoms with E-state index in [1.54, 1.807) is 32.1 Å². The highest BCUT2D eigenvalue weighted by Gasteiger charge is 2.37. The molecule has 0 bridgehead atoms. The fourth-order valence-electron chi connectivity index (χ4n) is 1.80. The van der Waals surface area contributed by atoms with Crippen LogP contribution in [0.3, 0.4) is 0 Å². The summed E-state index contributed by atoms with van der Waals surface area (Å²) in [5.74, 6) is -0.550. The van der Waals surface area contributed by atoms with Gasteiger partial charge in [0.2, 0.25) is 0 Å². The van der Waals surface area contributed by atoms with Gasteiger partial charge >= 0.3 is 7.60 Å². The summed E-state index contributed by atoms with van der Waals surface area (Å²) in [6.45, 7) is 3.39. The van der Waals surface area contributed by atoms with Gasteiger partial charge in [0.05, 0.1) is 6.16 Å². The summed E-state index contributed by atoms with van der Waals surface area (Å²) in [5, 5.41) is 0. The topological polar surface area (TPSA) is 74.6 Å². The van der Waals surface area contributed by atoms with Crippen molar-refractivity contribution in [2.75, 3.05) is 6.16 Å². The van der Waals surface area contributed by atoms with Crippen molar-refractivity contribution in [3.05, 3.63) is 24.3 Å². The molecule has 0 saturated heterocycles. The first-order chi connectivity index (χ1) is 6.72. The molecule has 0 heterocycles. The average molecular weight is 230 g/mol. The fourth-order valence-corrected chi connectivity index (χ4v) is 3.06. The van der Waals surface area contributed by atoms with E-state index in [1.165, 1.54) is 6.08 Å². The van der Waals surface area contributed by atoms with Gasteiger partial charge in [-0.25, -0.2) is 0 Å². The number of allylic oxidation sites excluding steroid dienone is 4. The highest BCUT2D eigenvalue weighted by atomic mass is 31.2. The molecule has 0 aromatic heterocycles. The summed E-state index contributed by atoms with van der Waals surface area (Å²) in [6.07, 6.45) is 6.21. The van der Waals surface area contributed by atoms with Crippen LogP contribution in [0.2, 0.25) is 0 Å². The Morgan fingerprint density at radius 1 is 1.40 bits per heavy atom. The number of carbonyl (C=O) groups excluding carboxylic acids is 1. The minimum absolute atomic E-state index is 0.101. The van der Waals surface area contributed by atoms with Crippen molar-refractivity contribution in [3.63, 3.8) is 0 Å². The Balaban J connectivity index is 2.86. The summed E-state index contributed by atoms with van der Waals surface area (Å²) >= 11 is 0. The third-order valence-corrected chi connectivity index (χ3v) is 3.66. The maximum Gasteiger partial charge on any atom is 0.326 e. The second-order valence-electron chi connectivity index (χ2n) is 4.44. The van der Waals surface area contributed by atoms with Crippen LogP contribution in [0.25, 0.3) is 0 Å². The van der Waals surface area contributed by atoms with Crippen molar-refractivity contribution < 1.29 is 19.1 Å². The maximum absolute atomic E-state index is 11.5. The zero-order valence-electron chi connectivity index (χ0n) is 8.75. The van der Waals surface area contributed by atoms with E-state index in [0.717, 1.165) is 0 Å². The second-order valence-corrected chi connectivity index (χ2v) is 6.08. The lowest BCUT2D eigenvalue weighted by atomic mass is 9.76. The van der Waals surface area contributed by atoms with Crippen LogP contribution < -0.4 is 0 Å². The summed E-state index contributed by atoms with van der Waals surface area (Å²) in [5.41, 5.74) is -0.725. The Kier molecular flexibility index (Phi) is 3.34. The van der Waals surface area contributed by atoms with Gasteiger partial charge in [0.1, 0.15) is 0 Å². The van der Waals surface area contributed by atoms with Crippen molar-refractivity contribution >= 4 is 13.4 Å². The quantitative estimate of drug-likeness (QED) is 0.720. The van der Waals surface area contributed by atoms with Gasteiger partial charge in [-0.05, 0) is 11.5 Å². The van der Waals surface area contributed by atoms with E-state index < -0.39 is 18.9 Å². The van der Waals surface area contributed by atoms with Crippen LogP contribution in [0.15, 0.2) is 24.3 Å². The Bertz CT molecular complexity index is 362. The molecule has 1 rings (SSSR count). The van der Waals surface area contributed by atoms with Gasteiger partial charge in [0.15, 0.2) is 5.78 Å². The molecular weight excluding hydrogens is 215 g/mol. The molecule has 1 aliphatic rings. The van der Waals surface area contributed by atoms with E-state index in [9.17, 15) is 9.36 Å². The number of ketones is 1. The predicted molar refractivity (Wildman–Crippen MR) is 57.5 cm³/mol. The van der Waals surface area contributed by atoms with Gasteiger partial charge in [0.25, 0.3) is 0 Å². The van der Waals surface area contributed by atoms with Crippen molar-refractivity contribution in [2.45, 2.75) is 13.8 Å².